The number of amides is 1. The van der Waals surface area contributed by atoms with E-state index in [2.05, 4.69) is 134 Å². The number of imidazole rings is 1. The number of rotatable bonds is 14. The zero-order valence-electron chi connectivity index (χ0n) is 31.8. The molecule has 2 fully saturated rings. The van der Waals surface area contributed by atoms with Crippen LogP contribution in [0.2, 0.25) is 0 Å². The third kappa shape index (κ3) is 10.8. The van der Waals surface area contributed by atoms with Gasteiger partial charge >= 0.3 is 6.09 Å². The molecule has 1 aromatic carbocycles. The van der Waals surface area contributed by atoms with Crippen LogP contribution >= 0.6 is 0 Å². The van der Waals surface area contributed by atoms with Crippen molar-refractivity contribution in [3.63, 3.8) is 0 Å². The Labute approximate surface area is 297 Å². The van der Waals surface area contributed by atoms with Crippen molar-refractivity contribution in [1.82, 2.24) is 24.7 Å². The largest absolute Gasteiger partial charge is 0.446 e. The molecule has 0 spiro atoms. The Morgan fingerprint density at radius 2 is 1.86 bits per heavy atom. The summed E-state index contributed by atoms with van der Waals surface area (Å²) in [5, 5.41) is 2.45. The van der Waals surface area contributed by atoms with Crippen LogP contribution in [-0.4, -0.2) is 71.3 Å². The average Bonchev–Trinajstić information content (AvgIpc) is 3.65. The first-order chi connectivity index (χ1) is 23.5. The number of hydrogen-bond donors (Lipinski definition) is 1. The molecule has 1 N–H and O–H groups in total. The highest BCUT2D eigenvalue weighted by molar-refractivity contribution is 5.66. The first kappa shape index (κ1) is 38.5. The number of alkyl carbamates (subject to hydrolysis) is 1. The van der Waals surface area contributed by atoms with Crippen LogP contribution < -0.4 is 5.32 Å². The number of hydrogen-bond acceptors (Lipinski definition) is 5. The van der Waals surface area contributed by atoms with Gasteiger partial charge in [-0.1, -0.05) is 95.7 Å². The van der Waals surface area contributed by atoms with Crippen LogP contribution in [-0.2, 0) is 16.7 Å². The third-order valence-corrected chi connectivity index (χ3v) is 11.1. The number of benzene rings is 1. The van der Waals surface area contributed by atoms with Crippen LogP contribution in [0.25, 0.3) is 0 Å². The summed E-state index contributed by atoms with van der Waals surface area (Å²) in [5.74, 6) is 3.45. The second-order valence-corrected chi connectivity index (χ2v) is 15.4. The van der Waals surface area contributed by atoms with Gasteiger partial charge in [0, 0.05) is 68.6 Å². The van der Waals surface area contributed by atoms with E-state index in [0.29, 0.717) is 17.8 Å². The quantitative estimate of drug-likeness (QED) is 0.217. The second-order valence-electron chi connectivity index (χ2n) is 15.4. The van der Waals surface area contributed by atoms with Crippen molar-refractivity contribution in [2.75, 3.05) is 39.8 Å². The van der Waals surface area contributed by atoms with Gasteiger partial charge in [-0.2, -0.15) is 0 Å². The van der Waals surface area contributed by atoms with Gasteiger partial charge in [-0.25, -0.2) is 9.78 Å². The fraction of sp³-hybridized carbons (Fsp3) is 0.619. The van der Waals surface area contributed by atoms with E-state index < -0.39 is 0 Å². The third-order valence-electron chi connectivity index (χ3n) is 11.1. The van der Waals surface area contributed by atoms with E-state index in [0.717, 1.165) is 25.3 Å². The standard InChI is InChI=1S/C34H50N4.C8H15NO2/c1-7-20-36(23-30-24-38(25-30)32-15-11-12-28(4)16-17-32)21-18-29(5)34(6,31-13-9-8-10-14-31)26-37-22-19-35-33(37)27(2)3;1-6-4-3-5-7(6)11-8(10)9-2/h8-10,12-17,19,22,27,29-30H,7,11,18,20-21,23-26H2,1-6H3;6-7H,3-5H2,1-2H3,(H,9,10)/t29?,34-;6-,7+/m11/s1. The normalized spacial score (nSPS) is 21.2. The van der Waals surface area contributed by atoms with E-state index in [1.807, 2.05) is 6.20 Å². The van der Waals surface area contributed by atoms with E-state index in [1.165, 1.54) is 81.1 Å². The molecule has 0 bridgehead atoms. The lowest BCUT2D eigenvalue weighted by molar-refractivity contribution is 0.0817. The minimum Gasteiger partial charge on any atom is -0.446 e. The molecule has 49 heavy (non-hydrogen) atoms. The van der Waals surface area contributed by atoms with E-state index >= 15 is 0 Å². The summed E-state index contributed by atoms with van der Waals surface area (Å²) in [4.78, 5) is 20.8. The lowest BCUT2D eigenvalue weighted by atomic mass is 9.71. The van der Waals surface area contributed by atoms with Gasteiger partial charge in [-0.05, 0) is 82.0 Å². The van der Waals surface area contributed by atoms with Gasteiger partial charge in [0.15, 0.2) is 0 Å². The lowest BCUT2D eigenvalue weighted by Crippen LogP contribution is -2.51. The Kier molecular flexibility index (Phi) is 14.6. The summed E-state index contributed by atoms with van der Waals surface area (Å²) in [6.07, 6.45) is 20.1. The molecule has 1 aromatic heterocycles. The summed E-state index contributed by atoms with van der Waals surface area (Å²) in [6, 6.07) is 11.2. The number of nitrogens with one attached hydrogen (secondary N) is 1. The fourth-order valence-electron chi connectivity index (χ4n) is 7.66. The van der Waals surface area contributed by atoms with Crippen molar-refractivity contribution in [1.29, 1.82) is 0 Å². The molecule has 2 aromatic rings. The fourth-order valence-corrected chi connectivity index (χ4v) is 7.66. The number of ether oxygens (including phenoxy) is 1. The van der Waals surface area contributed by atoms with E-state index in [1.54, 1.807) is 7.05 Å². The maximum Gasteiger partial charge on any atom is 0.407 e. The summed E-state index contributed by atoms with van der Waals surface area (Å²) in [7, 11) is 1.59. The van der Waals surface area contributed by atoms with Crippen LogP contribution in [0.15, 0.2) is 78.3 Å². The summed E-state index contributed by atoms with van der Waals surface area (Å²) in [6.45, 7) is 23.0. The van der Waals surface area contributed by atoms with E-state index in [-0.39, 0.29) is 17.6 Å². The molecule has 1 saturated heterocycles. The minimum absolute atomic E-state index is 0.0429. The minimum atomic E-state index is -0.302. The van der Waals surface area contributed by atoms with Gasteiger partial charge in [0.25, 0.3) is 0 Å². The first-order valence-corrected chi connectivity index (χ1v) is 19.0. The number of nitrogens with zero attached hydrogens (tertiary/aromatic N) is 4. The van der Waals surface area contributed by atoms with Crippen LogP contribution in [0.3, 0.4) is 0 Å². The van der Waals surface area contributed by atoms with Crippen molar-refractivity contribution >= 4 is 6.09 Å². The molecule has 7 nitrogen and oxygen atoms in total. The molecule has 2 heterocycles. The molecule has 1 saturated carbocycles. The molecule has 4 atom stereocenters. The predicted molar refractivity (Wildman–Crippen MR) is 204 cm³/mol. The SMILES string of the molecule is CCCN(CCC(C)[C@@](C)(Cn1ccnc1C(C)C)c1ccccc1)CC1CN(C2=CCC=C(C)C=C2)C1.CNC(=O)O[C@H]1CCC[C@H]1C. The number of carbonyl (C=O) groups excluding carboxylic acids is 1. The van der Waals surface area contributed by atoms with Gasteiger partial charge in [-0.15, -0.1) is 0 Å². The van der Waals surface area contributed by atoms with Gasteiger partial charge in [0.05, 0.1) is 0 Å². The molecule has 270 valence electrons. The molecule has 3 aliphatic rings. The zero-order valence-corrected chi connectivity index (χ0v) is 31.8. The van der Waals surface area contributed by atoms with Crippen LogP contribution in [0, 0.1) is 17.8 Å². The highest BCUT2D eigenvalue weighted by Gasteiger charge is 2.35. The molecule has 1 unspecified atom stereocenters. The summed E-state index contributed by atoms with van der Waals surface area (Å²) in [5.41, 5.74) is 4.25. The van der Waals surface area contributed by atoms with Crippen molar-refractivity contribution in [2.24, 2.45) is 17.8 Å². The molecule has 0 radical (unpaired) electrons. The molecule has 1 amide bonds. The molecule has 1 aliphatic heterocycles. The van der Waals surface area contributed by atoms with Crippen LogP contribution in [0.4, 0.5) is 4.79 Å². The Morgan fingerprint density at radius 1 is 1.10 bits per heavy atom. The number of likely N-dealkylation sites (tertiary alicyclic amines) is 1. The summed E-state index contributed by atoms with van der Waals surface area (Å²) < 4.78 is 7.52. The lowest BCUT2D eigenvalue weighted by Gasteiger charge is -2.44. The van der Waals surface area contributed by atoms with E-state index in [4.69, 9.17) is 4.74 Å². The van der Waals surface area contributed by atoms with Gasteiger partial charge < -0.3 is 24.4 Å². The highest BCUT2D eigenvalue weighted by Crippen LogP contribution is 2.37. The van der Waals surface area contributed by atoms with Crippen LogP contribution in [0.1, 0.15) is 104 Å². The Hall–Kier alpha value is -3.32. The summed E-state index contributed by atoms with van der Waals surface area (Å²) >= 11 is 0. The zero-order chi connectivity index (χ0) is 35.4. The predicted octanol–water partition coefficient (Wildman–Crippen LogP) is 8.96. The van der Waals surface area contributed by atoms with Crippen molar-refractivity contribution in [3.8, 4) is 0 Å². The molecule has 7 heteroatoms. The molecular weight excluding hydrogens is 606 g/mol. The van der Waals surface area contributed by atoms with E-state index in [9.17, 15) is 4.79 Å². The molecule has 2 aliphatic carbocycles. The monoisotopic (exact) mass is 672 g/mol. The topological polar surface area (TPSA) is 62.6 Å². The average molecular weight is 672 g/mol. The van der Waals surface area contributed by atoms with Crippen molar-refractivity contribution in [2.45, 2.75) is 111 Å². The van der Waals surface area contributed by atoms with Gasteiger partial charge in [0.2, 0.25) is 0 Å². The number of allylic oxidation sites excluding steroid dienone is 5. The van der Waals surface area contributed by atoms with Gasteiger partial charge in [0.1, 0.15) is 11.9 Å². The van der Waals surface area contributed by atoms with Crippen molar-refractivity contribution in [3.05, 3.63) is 89.7 Å². The maximum atomic E-state index is 10.8. The first-order valence-electron chi connectivity index (χ1n) is 19.0. The molecular formula is C42H65N5O2. The Balaban J connectivity index is 0.000000418. The second kappa shape index (κ2) is 18.6. The van der Waals surface area contributed by atoms with Crippen LogP contribution in [0.5, 0.6) is 0 Å². The van der Waals surface area contributed by atoms with Crippen molar-refractivity contribution < 1.29 is 9.53 Å². The highest BCUT2D eigenvalue weighted by atomic mass is 16.6. The maximum absolute atomic E-state index is 10.8. The number of aromatic nitrogens is 2. The molecule has 5 rings (SSSR count). The Morgan fingerprint density at radius 3 is 2.51 bits per heavy atom. The smallest absolute Gasteiger partial charge is 0.407 e. The Bertz CT molecular complexity index is 1390. The number of carbonyl (C=O) groups is 1. The van der Waals surface area contributed by atoms with Gasteiger partial charge in [-0.3, -0.25) is 0 Å².